The van der Waals surface area contributed by atoms with Crippen LogP contribution in [-0.4, -0.2) is 15.8 Å². The predicted octanol–water partition coefficient (Wildman–Crippen LogP) is 1.33. The van der Waals surface area contributed by atoms with Gasteiger partial charge in [0.05, 0.1) is 11.3 Å². The minimum absolute atomic E-state index is 0. The maximum Gasteiger partial charge on any atom is 0.140 e. The van der Waals surface area contributed by atoms with Crippen LogP contribution >= 0.6 is 0 Å². The van der Waals surface area contributed by atoms with Gasteiger partial charge in [0.1, 0.15) is 5.75 Å². The van der Waals surface area contributed by atoms with E-state index in [1.54, 1.807) is 32.9 Å². The topological polar surface area (TPSA) is 92.5 Å². The summed E-state index contributed by atoms with van der Waals surface area (Å²) in [6.45, 7) is 5.23. The Morgan fingerprint density at radius 1 is 1.13 bits per heavy atom. The summed E-state index contributed by atoms with van der Waals surface area (Å²) in [6.07, 6.45) is 0. The zero-order valence-electron chi connectivity index (χ0n) is 9.36. The molecular weight excluding hydrogens is 269 g/mol. The first-order valence-corrected chi connectivity index (χ1v) is 4.26. The molecule has 1 aromatic carbocycles. The first-order valence-electron chi connectivity index (χ1n) is 4.26. The van der Waals surface area contributed by atoms with Gasteiger partial charge in [-0.1, -0.05) is 0 Å². The van der Waals surface area contributed by atoms with Gasteiger partial charge in [0.25, 0.3) is 0 Å². The van der Waals surface area contributed by atoms with Crippen molar-refractivity contribution in [1.82, 2.24) is 0 Å². The number of hydrogen-bond donors (Lipinski definition) is 4. The third kappa shape index (κ3) is 11.6. The molecule has 0 aliphatic rings. The first-order chi connectivity index (χ1) is 6.20. The van der Waals surface area contributed by atoms with Gasteiger partial charge in [-0.15, -0.1) is 0 Å². The molecule has 0 bridgehead atoms. The van der Waals surface area contributed by atoms with Crippen molar-refractivity contribution in [2.75, 3.05) is 11.5 Å². The minimum atomic E-state index is -0.500. The SMILES string of the molecule is CC(C)(C)O.Nc1ccc(N)c(O)c1.[Y]. The summed E-state index contributed by atoms with van der Waals surface area (Å²) < 4.78 is 0. The van der Waals surface area contributed by atoms with Crippen molar-refractivity contribution in [3.63, 3.8) is 0 Å². The molecule has 1 aromatic rings. The van der Waals surface area contributed by atoms with Crippen LogP contribution in [0.2, 0.25) is 0 Å². The average molecular weight is 287 g/mol. The Kier molecular flexibility index (Phi) is 8.02. The van der Waals surface area contributed by atoms with Gasteiger partial charge in [-0.2, -0.15) is 0 Å². The Hall–Kier alpha value is -0.316. The van der Waals surface area contributed by atoms with E-state index in [0.29, 0.717) is 11.4 Å². The maximum absolute atomic E-state index is 8.90. The van der Waals surface area contributed by atoms with Crippen molar-refractivity contribution in [3.05, 3.63) is 18.2 Å². The smallest absolute Gasteiger partial charge is 0.140 e. The van der Waals surface area contributed by atoms with E-state index < -0.39 is 5.60 Å². The average Bonchev–Trinajstić information content (AvgIpc) is 1.94. The van der Waals surface area contributed by atoms with Crippen LogP contribution in [0.1, 0.15) is 20.8 Å². The molecule has 0 aliphatic heterocycles. The molecule has 1 rings (SSSR count). The number of nitrogen functional groups attached to an aromatic ring is 2. The number of phenolic OH excluding ortho intramolecular Hbond substituents is 1. The van der Waals surface area contributed by atoms with Gasteiger partial charge in [-0.05, 0) is 32.9 Å². The van der Waals surface area contributed by atoms with E-state index in [1.165, 1.54) is 6.07 Å². The summed E-state index contributed by atoms with van der Waals surface area (Å²) in [5, 5.41) is 17.4. The van der Waals surface area contributed by atoms with Crippen LogP contribution in [0.25, 0.3) is 0 Å². The molecule has 0 atom stereocenters. The predicted molar refractivity (Wildman–Crippen MR) is 58.9 cm³/mol. The zero-order chi connectivity index (χ0) is 11.4. The number of rotatable bonds is 0. The van der Waals surface area contributed by atoms with E-state index in [1.807, 2.05) is 0 Å². The monoisotopic (exact) mass is 287 g/mol. The number of phenols is 1. The molecule has 6 N–H and O–H groups in total. The minimum Gasteiger partial charge on any atom is -0.506 e. The van der Waals surface area contributed by atoms with Crippen LogP contribution in [-0.2, 0) is 32.7 Å². The molecule has 0 saturated carbocycles. The van der Waals surface area contributed by atoms with Crippen molar-refractivity contribution < 1.29 is 42.9 Å². The molecule has 0 spiro atoms. The van der Waals surface area contributed by atoms with Crippen LogP contribution in [0.3, 0.4) is 0 Å². The summed E-state index contributed by atoms with van der Waals surface area (Å²) in [5.41, 5.74) is 11.0. The Balaban J connectivity index is 0. The standard InChI is InChI=1S/C6H8N2O.C4H10O.Y/c7-4-1-2-5(8)6(9)3-4;1-4(2,3)5;/h1-3,9H,7-8H2;5H,1-3H3;. The largest absolute Gasteiger partial charge is 0.506 e. The molecule has 15 heavy (non-hydrogen) atoms. The number of benzene rings is 1. The second-order valence-electron chi connectivity index (χ2n) is 3.99. The van der Waals surface area contributed by atoms with Crippen molar-refractivity contribution in [3.8, 4) is 5.75 Å². The molecule has 0 heterocycles. The third-order valence-corrected chi connectivity index (χ3v) is 1.05. The molecule has 5 heteroatoms. The van der Waals surface area contributed by atoms with Gasteiger partial charge in [0, 0.05) is 44.5 Å². The van der Waals surface area contributed by atoms with E-state index in [4.69, 9.17) is 21.7 Å². The summed E-state index contributed by atoms with van der Waals surface area (Å²) >= 11 is 0. The van der Waals surface area contributed by atoms with Gasteiger partial charge in [0.2, 0.25) is 0 Å². The molecule has 0 fully saturated rings. The van der Waals surface area contributed by atoms with Gasteiger partial charge in [-0.3, -0.25) is 0 Å². The van der Waals surface area contributed by atoms with E-state index in [0.717, 1.165) is 0 Å². The van der Waals surface area contributed by atoms with Crippen molar-refractivity contribution in [2.45, 2.75) is 26.4 Å². The Morgan fingerprint density at radius 2 is 1.53 bits per heavy atom. The summed E-state index contributed by atoms with van der Waals surface area (Å²) in [7, 11) is 0. The van der Waals surface area contributed by atoms with Gasteiger partial charge in [-0.25, -0.2) is 0 Å². The summed E-state index contributed by atoms with van der Waals surface area (Å²) in [4.78, 5) is 0. The van der Waals surface area contributed by atoms with Crippen LogP contribution < -0.4 is 11.5 Å². The first kappa shape index (κ1) is 17.1. The Labute approximate surface area is 116 Å². The fourth-order valence-electron chi connectivity index (χ4n) is 0.561. The van der Waals surface area contributed by atoms with Gasteiger partial charge >= 0.3 is 0 Å². The van der Waals surface area contributed by atoms with E-state index in [9.17, 15) is 0 Å². The molecule has 0 amide bonds. The number of aliphatic hydroxyl groups is 1. The fraction of sp³-hybridized carbons (Fsp3) is 0.400. The fourth-order valence-corrected chi connectivity index (χ4v) is 0.561. The quantitative estimate of drug-likeness (QED) is 0.428. The van der Waals surface area contributed by atoms with Crippen molar-refractivity contribution in [1.29, 1.82) is 0 Å². The number of nitrogens with two attached hydrogens (primary N) is 2. The molecule has 0 aromatic heterocycles. The van der Waals surface area contributed by atoms with Crippen LogP contribution in [0.5, 0.6) is 5.75 Å². The second-order valence-corrected chi connectivity index (χ2v) is 3.99. The number of anilines is 2. The number of hydrogen-bond acceptors (Lipinski definition) is 4. The number of aromatic hydroxyl groups is 1. The summed E-state index contributed by atoms with van der Waals surface area (Å²) in [6, 6.07) is 4.61. The van der Waals surface area contributed by atoms with Crippen molar-refractivity contribution >= 4 is 11.4 Å². The molecule has 0 saturated heterocycles. The molecule has 0 unspecified atom stereocenters. The van der Waals surface area contributed by atoms with Gasteiger partial charge in [0.15, 0.2) is 0 Å². The van der Waals surface area contributed by atoms with Crippen LogP contribution in [0.15, 0.2) is 18.2 Å². The summed E-state index contributed by atoms with van der Waals surface area (Å²) in [5.74, 6) is 0.0370. The molecule has 0 aliphatic carbocycles. The van der Waals surface area contributed by atoms with E-state index in [-0.39, 0.29) is 38.5 Å². The Bertz CT molecular complexity index is 292. The maximum atomic E-state index is 8.90. The van der Waals surface area contributed by atoms with Crippen LogP contribution in [0, 0.1) is 0 Å². The molecule has 83 valence electrons. The normalized spacial score (nSPS) is 9.60. The van der Waals surface area contributed by atoms with Crippen molar-refractivity contribution in [2.24, 2.45) is 0 Å². The second kappa shape index (κ2) is 7.04. The molecule has 4 nitrogen and oxygen atoms in total. The van der Waals surface area contributed by atoms with Gasteiger partial charge < -0.3 is 21.7 Å². The van der Waals surface area contributed by atoms with Crippen LogP contribution in [0.4, 0.5) is 11.4 Å². The Morgan fingerprint density at radius 3 is 1.80 bits per heavy atom. The molecular formula is C10H18N2O2Y. The van der Waals surface area contributed by atoms with E-state index in [2.05, 4.69) is 0 Å². The molecule has 1 radical (unpaired) electrons. The third-order valence-electron chi connectivity index (χ3n) is 1.05. The van der Waals surface area contributed by atoms with E-state index >= 15 is 0 Å². The zero-order valence-corrected chi connectivity index (χ0v) is 12.2.